The Hall–Kier alpha value is -2.78. The molecule has 0 radical (unpaired) electrons. The molecule has 0 fully saturated rings. The molecule has 0 saturated carbocycles. The van der Waals surface area contributed by atoms with Crippen molar-refractivity contribution in [3.63, 3.8) is 0 Å². The van der Waals surface area contributed by atoms with Crippen molar-refractivity contribution in [2.24, 2.45) is 0 Å². The molecule has 0 bridgehead atoms. The summed E-state index contributed by atoms with van der Waals surface area (Å²) < 4.78 is 37.7. The highest BCUT2D eigenvalue weighted by molar-refractivity contribution is 5.99. The van der Waals surface area contributed by atoms with Crippen molar-refractivity contribution in [3.8, 4) is 0 Å². The third kappa shape index (κ3) is 4.61. The number of halogens is 3. The normalized spacial score (nSPS) is 11.6. The van der Waals surface area contributed by atoms with Gasteiger partial charge < -0.3 is 9.88 Å². The highest BCUT2D eigenvalue weighted by Crippen LogP contribution is 2.17. The minimum Gasteiger partial charge on any atom is -0.305 e. The first kappa shape index (κ1) is 17.6. The summed E-state index contributed by atoms with van der Waals surface area (Å²) in [5.74, 6) is 0.419. The fraction of sp³-hybridized carbons (Fsp3) is 0.357. The third-order valence-electron chi connectivity index (χ3n) is 3.08. The van der Waals surface area contributed by atoms with E-state index in [4.69, 9.17) is 0 Å². The summed E-state index contributed by atoms with van der Waals surface area (Å²) in [7, 11) is 0. The molecule has 2 aromatic heterocycles. The SMILES string of the molecule is CC(C)c1cc(NC(=O)Nc2cccn(CC(F)(F)F)c2=O)n[nH]1. The molecule has 0 aromatic carbocycles. The second kappa shape index (κ2) is 6.77. The summed E-state index contributed by atoms with van der Waals surface area (Å²) in [6.07, 6.45) is -3.53. The van der Waals surface area contributed by atoms with Crippen LogP contribution in [-0.2, 0) is 6.54 Å². The van der Waals surface area contributed by atoms with Crippen molar-refractivity contribution in [1.82, 2.24) is 14.8 Å². The van der Waals surface area contributed by atoms with E-state index >= 15 is 0 Å². The first-order valence-corrected chi connectivity index (χ1v) is 7.05. The molecule has 2 heterocycles. The van der Waals surface area contributed by atoms with Gasteiger partial charge in [0.05, 0.1) is 0 Å². The van der Waals surface area contributed by atoms with E-state index in [0.717, 1.165) is 11.9 Å². The Balaban J connectivity index is 2.08. The predicted molar refractivity (Wildman–Crippen MR) is 82.1 cm³/mol. The number of nitrogens with zero attached hydrogens (tertiary/aromatic N) is 2. The maximum Gasteiger partial charge on any atom is 0.406 e. The van der Waals surface area contributed by atoms with Crippen molar-refractivity contribution in [2.45, 2.75) is 32.5 Å². The molecular formula is C14H16F3N5O2. The summed E-state index contributed by atoms with van der Waals surface area (Å²) in [6.45, 7) is 2.44. The first-order valence-electron chi connectivity index (χ1n) is 7.05. The zero-order valence-corrected chi connectivity index (χ0v) is 12.9. The van der Waals surface area contributed by atoms with E-state index in [2.05, 4.69) is 20.8 Å². The molecule has 24 heavy (non-hydrogen) atoms. The lowest BCUT2D eigenvalue weighted by Gasteiger charge is -2.11. The van der Waals surface area contributed by atoms with Crippen LogP contribution in [0.5, 0.6) is 0 Å². The number of anilines is 2. The van der Waals surface area contributed by atoms with E-state index in [-0.39, 0.29) is 17.4 Å². The Morgan fingerprint density at radius 2 is 2.08 bits per heavy atom. The van der Waals surface area contributed by atoms with Crippen LogP contribution in [0.25, 0.3) is 0 Å². The summed E-state index contributed by atoms with van der Waals surface area (Å²) in [6, 6.07) is 3.31. The first-order chi connectivity index (χ1) is 11.2. The second-order valence-electron chi connectivity index (χ2n) is 5.41. The van der Waals surface area contributed by atoms with E-state index < -0.39 is 24.3 Å². The number of pyridine rings is 1. The fourth-order valence-corrected chi connectivity index (χ4v) is 1.92. The number of alkyl halides is 3. The van der Waals surface area contributed by atoms with Gasteiger partial charge in [0.15, 0.2) is 5.82 Å². The van der Waals surface area contributed by atoms with Crippen molar-refractivity contribution in [1.29, 1.82) is 0 Å². The number of aromatic nitrogens is 3. The van der Waals surface area contributed by atoms with Gasteiger partial charge in [0.2, 0.25) is 0 Å². The van der Waals surface area contributed by atoms with Crippen LogP contribution < -0.4 is 16.2 Å². The van der Waals surface area contributed by atoms with E-state index in [1.54, 1.807) is 6.07 Å². The van der Waals surface area contributed by atoms with Gasteiger partial charge in [0.25, 0.3) is 5.56 Å². The lowest BCUT2D eigenvalue weighted by Crippen LogP contribution is -2.31. The van der Waals surface area contributed by atoms with E-state index in [1.165, 1.54) is 12.1 Å². The molecule has 10 heteroatoms. The zero-order chi connectivity index (χ0) is 17.9. The lowest BCUT2D eigenvalue weighted by molar-refractivity contribution is -0.141. The van der Waals surface area contributed by atoms with E-state index in [9.17, 15) is 22.8 Å². The Morgan fingerprint density at radius 3 is 2.67 bits per heavy atom. The van der Waals surface area contributed by atoms with Crippen molar-refractivity contribution in [2.75, 3.05) is 10.6 Å². The van der Waals surface area contributed by atoms with Crippen LogP contribution in [0.2, 0.25) is 0 Å². The highest BCUT2D eigenvalue weighted by atomic mass is 19.4. The van der Waals surface area contributed by atoms with Gasteiger partial charge in [-0.3, -0.25) is 15.2 Å². The van der Waals surface area contributed by atoms with Crippen LogP contribution in [-0.4, -0.2) is 27.0 Å². The molecule has 0 saturated heterocycles. The van der Waals surface area contributed by atoms with Crippen molar-refractivity contribution < 1.29 is 18.0 Å². The minimum atomic E-state index is -4.53. The maximum atomic E-state index is 12.4. The summed E-state index contributed by atoms with van der Waals surface area (Å²) in [5, 5.41) is 11.2. The molecule has 130 valence electrons. The number of urea groups is 1. The number of hydrogen-bond donors (Lipinski definition) is 3. The largest absolute Gasteiger partial charge is 0.406 e. The number of aromatic amines is 1. The van der Waals surface area contributed by atoms with Gasteiger partial charge in [-0.1, -0.05) is 13.8 Å². The number of rotatable bonds is 4. The Bertz CT molecular complexity index is 779. The number of nitrogens with one attached hydrogen (secondary N) is 3. The van der Waals surface area contributed by atoms with Gasteiger partial charge in [0, 0.05) is 18.0 Å². The third-order valence-corrected chi connectivity index (χ3v) is 3.08. The zero-order valence-electron chi connectivity index (χ0n) is 12.9. The van der Waals surface area contributed by atoms with Gasteiger partial charge in [0.1, 0.15) is 12.2 Å². The molecule has 2 aromatic rings. The molecule has 0 aliphatic rings. The van der Waals surface area contributed by atoms with Crippen LogP contribution in [0.15, 0.2) is 29.2 Å². The summed E-state index contributed by atoms with van der Waals surface area (Å²) in [5.41, 5.74) is -0.411. The van der Waals surface area contributed by atoms with Crippen LogP contribution in [0.1, 0.15) is 25.5 Å². The molecular weight excluding hydrogens is 327 g/mol. The Morgan fingerprint density at radius 1 is 1.38 bits per heavy atom. The van der Waals surface area contributed by atoms with Crippen LogP contribution in [0.4, 0.5) is 29.5 Å². The maximum absolute atomic E-state index is 12.4. The summed E-state index contributed by atoms with van der Waals surface area (Å²) >= 11 is 0. The lowest BCUT2D eigenvalue weighted by atomic mass is 10.1. The van der Waals surface area contributed by atoms with E-state index in [0.29, 0.717) is 4.57 Å². The predicted octanol–water partition coefficient (Wildman–Crippen LogP) is 2.90. The smallest absolute Gasteiger partial charge is 0.305 e. The second-order valence-corrected chi connectivity index (χ2v) is 5.41. The molecule has 0 spiro atoms. The van der Waals surface area contributed by atoms with Gasteiger partial charge in [-0.15, -0.1) is 0 Å². The standard InChI is InChI=1S/C14H16F3N5O2/c1-8(2)10-6-11(21-20-10)19-13(24)18-9-4-3-5-22(12(9)23)7-14(15,16)17/h3-6,8H,7H2,1-2H3,(H3,18,19,20,21,24). The molecule has 0 aliphatic heterocycles. The Kier molecular flexibility index (Phi) is 4.96. The molecule has 0 atom stereocenters. The van der Waals surface area contributed by atoms with Gasteiger partial charge in [-0.2, -0.15) is 18.3 Å². The molecule has 2 rings (SSSR count). The van der Waals surface area contributed by atoms with Crippen LogP contribution >= 0.6 is 0 Å². The topological polar surface area (TPSA) is 91.8 Å². The van der Waals surface area contributed by atoms with Gasteiger partial charge in [-0.25, -0.2) is 4.79 Å². The Labute approximate surface area is 134 Å². The van der Waals surface area contributed by atoms with Gasteiger partial charge >= 0.3 is 12.2 Å². The quantitative estimate of drug-likeness (QED) is 0.797. The van der Waals surface area contributed by atoms with Crippen molar-refractivity contribution >= 4 is 17.5 Å². The number of hydrogen-bond acceptors (Lipinski definition) is 3. The molecule has 0 aliphatic carbocycles. The van der Waals surface area contributed by atoms with E-state index in [1.807, 2.05) is 13.8 Å². The van der Waals surface area contributed by atoms with Crippen LogP contribution in [0, 0.1) is 0 Å². The average molecular weight is 343 g/mol. The highest BCUT2D eigenvalue weighted by Gasteiger charge is 2.28. The van der Waals surface area contributed by atoms with Gasteiger partial charge in [-0.05, 0) is 18.1 Å². The van der Waals surface area contributed by atoms with Crippen LogP contribution in [0.3, 0.4) is 0 Å². The average Bonchev–Trinajstić information content (AvgIpc) is 2.90. The molecule has 2 amide bonds. The minimum absolute atomic E-state index is 0.180. The summed E-state index contributed by atoms with van der Waals surface area (Å²) in [4.78, 5) is 23.8. The fourth-order valence-electron chi connectivity index (χ4n) is 1.92. The number of H-pyrrole nitrogens is 1. The van der Waals surface area contributed by atoms with Crippen molar-refractivity contribution in [3.05, 3.63) is 40.4 Å². The molecule has 3 N–H and O–H groups in total. The number of carbonyl (C=O) groups excluding carboxylic acids is 1. The monoisotopic (exact) mass is 343 g/mol. The number of carbonyl (C=O) groups is 1. The number of amides is 2. The molecule has 7 nitrogen and oxygen atoms in total. The molecule has 0 unspecified atom stereocenters.